The molecule has 0 radical (unpaired) electrons. The maximum Gasteiger partial charge on any atom is 0.236 e. The lowest BCUT2D eigenvalue weighted by atomic mass is 9.87. The zero-order valence-electron chi connectivity index (χ0n) is 13.1. The Morgan fingerprint density at radius 2 is 1.75 bits per heavy atom. The van der Waals surface area contributed by atoms with Crippen molar-refractivity contribution in [1.29, 1.82) is 0 Å². The fraction of sp³-hybridized carbons (Fsp3) is 0.933. The summed E-state index contributed by atoms with van der Waals surface area (Å²) in [6.07, 6.45) is 6.06. The first-order chi connectivity index (χ1) is 9.08. The standard InChI is InChI=1S/C15H29N3O.ClH/c1-12-4-6-13(7-5-12)18(3)15(19)11-17(2)14-8-9-16-10-14;/h12-14,16H,4-11H2,1-3H3;1H. The number of halogens is 1. The van der Waals surface area contributed by atoms with Crippen molar-refractivity contribution in [2.24, 2.45) is 5.92 Å². The molecule has 2 rings (SSSR count). The SMILES string of the molecule is CC1CCC(N(C)C(=O)CN(C)C2CCNC2)CC1.Cl. The van der Waals surface area contributed by atoms with Crippen LogP contribution in [0.4, 0.5) is 0 Å². The van der Waals surface area contributed by atoms with Crippen LogP contribution >= 0.6 is 12.4 Å². The lowest BCUT2D eigenvalue weighted by molar-refractivity contribution is -0.134. The number of carbonyl (C=O) groups excluding carboxylic acids is 1. The van der Waals surface area contributed by atoms with Crippen LogP contribution in [0.15, 0.2) is 0 Å². The van der Waals surface area contributed by atoms with Gasteiger partial charge in [-0.15, -0.1) is 12.4 Å². The maximum absolute atomic E-state index is 12.4. The number of hydrogen-bond acceptors (Lipinski definition) is 3. The monoisotopic (exact) mass is 303 g/mol. The molecule has 5 heteroatoms. The Hall–Kier alpha value is -0.320. The van der Waals surface area contributed by atoms with Crippen molar-refractivity contribution in [1.82, 2.24) is 15.1 Å². The van der Waals surface area contributed by atoms with Gasteiger partial charge in [-0.2, -0.15) is 0 Å². The fourth-order valence-electron chi connectivity index (χ4n) is 3.30. The average Bonchev–Trinajstić information content (AvgIpc) is 2.92. The van der Waals surface area contributed by atoms with Gasteiger partial charge in [0.25, 0.3) is 0 Å². The fourth-order valence-corrected chi connectivity index (χ4v) is 3.30. The molecular weight excluding hydrogens is 274 g/mol. The molecule has 118 valence electrons. The maximum atomic E-state index is 12.4. The molecule has 0 aromatic carbocycles. The molecule has 1 N–H and O–H groups in total. The second-order valence-corrected chi connectivity index (χ2v) is 6.48. The molecule has 2 aliphatic rings. The first-order valence-electron chi connectivity index (χ1n) is 7.74. The Morgan fingerprint density at radius 1 is 1.10 bits per heavy atom. The summed E-state index contributed by atoms with van der Waals surface area (Å²) in [7, 11) is 4.07. The lowest BCUT2D eigenvalue weighted by Crippen LogP contribution is -2.46. The van der Waals surface area contributed by atoms with Gasteiger partial charge in [-0.3, -0.25) is 9.69 Å². The largest absolute Gasteiger partial charge is 0.342 e. The summed E-state index contributed by atoms with van der Waals surface area (Å²) in [5.41, 5.74) is 0. The molecule has 1 saturated carbocycles. The summed E-state index contributed by atoms with van der Waals surface area (Å²) in [5, 5.41) is 3.36. The molecule has 1 atom stereocenters. The van der Waals surface area contributed by atoms with Crippen LogP contribution in [0.3, 0.4) is 0 Å². The Balaban J connectivity index is 0.00000200. The molecule has 1 heterocycles. The zero-order chi connectivity index (χ0) is 13.8. The van der Waals surface area contributed by atoms with Crippen molar-refractivity contribution < 1.29 is 4.79 Å². The van der Waals surface area contributed by atoms with Crippen LogP contribution in [0.1, 0.15) is 39.0 Å². The Labute approximate surface area is 129 Å². The Morgan fingerprint density at radius 3 is 2.30 bits per heavy atom. The first kappa shape index (κ1) is 17.7. The molecule has 0 aromatic heterocycles. The Kier molecular flexibility index (Phi) is 7.27. The van der Waals surface area contributed by atoms with E-state index in [0.29, 0.717) is 18.6 Å². The molecular formula is C15H30ClN3O. The van der Waals surface area contributed by atoms with Gasteiger partial charge in [-0.05, 0) is 51.6 Å². The average molecular weight is 304 g/mol. The second-order valence-electron chi connectivity index (χ2n) is 6.48. The predicted octanol–water partition coefficient (Wildman–Crippen LogP) is 1.74. The third-order valence-electron chi connectivity index (χ3n) is 4.97. The molecule has 0 bridgehead atoms. The minimum Gasteiger partial charge on any atom is -0.342 e. The molecule has 1 unspecified atom stereocenters. The summed E-state index contributed by atoms with van der Waals surface area (Å²) >= 11 is 0. The first-order valence-corrected chi connectivity index (χ1v) is 7.74. The number of nitrogens with zero attached hydrogens (tertiary/aromatic N) is 2. The summed E-state index contributed by atoms with van der Waals surface area (Å²) < 4.78 is 0. The smallest absolute Gasteiger partial charge is 0.236 e. The zero-order valence-corrected chi connectivity index (χ0v) is 13.9. The van der Waals surface area contributed by atoms with Crippen molar-refractivity contribution in [3.63, 3.8) is 0 Å². The molecule has 0 spiro atoms. The number of carbonyl (C=O) groups is 1. The van der Waals surface area contributed by atoms with Crippen LogP contribution in [0.2, 0.25) is 0 Å². The molecule has 0 aromatic rings. The van der Waals surface area contributed by atoms with E-state index < -0.39 is 0 Å². The van der Waals surface area contributed by atoms with E-state index in [2.05, 4.69) is 24.2 Å². The van der Waals surface area contributed by atoms with Gasteiger partial charge in [0.1, 0.15) is 0 Å². The minimum atomic E-state index is 0. The number of nitrogens with one attached hydrogen (secondary N) is 1. The van der Waals surface area contributed by atoms with Crippen LogP contribution in [-0.4, -0.2) is 61.5 Å². The van der Waals surface area contributed by atoms with E-state index in [1.165, 1.54) is 25.7 Å². The van der Waals surface area contributed by atoms with Crippen LogP contribution < -0.4 is 5.32 Å². The van der Waals surface area contributed by atoms with E-state index in [-0.39, 0.29) is 18.3 Å². The van der Waals surface area contributed by atoms with Crippen molar-refractivity contribution in [3.05, 3.63) is 0 Å². The number of amides is 1. The third-order valence-corrected chi connectivity index (χ3v) is 4.97. The van der Waals surface area contributed by atoms with E-state index in [9.17, 15) is 4.79 Å². The molecule has 20 heavy (non-hydrogen) atoms. The van der Waals surface area contributed by atoms with Gasteiger partial charge < -0.3 is 10.2 Å². The Bertz CT molecular complexity index is 299. The molecule has 1 saturated heterocycles. The third kappa shape index (κ3) is 4.61. The van der Waals surface area contributed by atoms with Gasteiger partial charge in [0.15, 0.2) is 0 Å². The molecule has 1 aliphatic carbocycles. The van der Waals surface area contributed by atoms with Crippen molar-refractivity contribution >= 4 is 18.3 Å². The molecule has 4 nitrogen and oxygen atoms in total. The van der Waals surface area contributed by atoms with Gasteiger partial charge >= 0.3 is 0 Å². The van der Waals surface area contributed by atoms with Gasteiger partial charge in [0, 0.05) is 25.7 Å². The number of hydrogen-bond donors (Lipinski definition) is 1. The summed E-state index contributed by atoms with van der Waals surface area (Å²) in [5.74, 6) is 1.13. The van der Waals surface area contributed by atoms with Crippen LogP contribution in [0.5, 0.6) is 0 Å². The summed E-state index contributed by atoms with van der Waals surface area (Å²) in [4.78, 5) is 16.6. The quantitative estimate of drug-likeness (QED) is 0.859. The molecule has 1 amide bonds. The number of likely N-dealkylation sites (N-methyl/N-ethyl adjacent to an activating group) is 2. The summed E-state index contributed by atoms with van der Waals surface area (Å²) in [6, 6.07) is 1.00. The van der Waals surface area contributed by atoms with Crippen LogP contribution in [0, 0.1) is 5.92 Å². The highest BCUT2D eigenvalue weighted by Crippen LogP contribution is 2.26. The highest BCUT2D eigenvalue weighted by molar-refractivity contribution is 5.85. The summed E-state index contributed by atoms with van der Waals surface area (Å²) in [6.45, 7) is 4.99. The van der Waals surface area contributed by atoms with Gasteiger partial charge in [-0.25, -0.2) is 0 Å². The highest BCUT2D eigenvalue weighted by atomic mass is 35.5. The van der Waals surface area contributed by atoms with Crippen LogP contribution in [0.25, 0.3) is 0 Å². The topological polar surface area (TPSA) is 35.6 Å². The van der Waals surface area contributed by atoms with E-state index >= 15 is 0 Å². The van der Waals surface area contributed by atoms with Crippen LogP contribution in [-0.2, 0) is 4.79 Å². The lowest BCUT2D eigenvalue weighted by Gasteiger charge is -2.35. The van der Waals surface area contributed by atoms with Gasteiger partial charge in [-0.1, -0.05) is 6.92 Å². The predicted molar refractivity (Wildman–Crippen MR) is 85.3 cm³/mol. The normalized spacial score (nSPS) is 30.1. The number of rotatable bonds is 4. The van der Waals surface area contributed by atoms with E-state index in [4.69, 9.17) is 0 Å². The second kappa shape index (κ2) is 8.20. The van der Waals surface area contributed by atoms with Gasteiger partial charge in [0.05, 0.1) is 6.54 Å². The van der Waals surface area contributed by atoms with Crippen molar-refractivity contribution in [2.45, 2.75) is 51.1 Å². The molecule has 2 fully saturated rings. The van der Waals surface area contributed by atoms with E-state index in [1.807, 2.05) is 11.9 Å². The van der Waals surface area contributed by atoms with Crippen molar-refractivity contribution in [3.8, 4) is 0 Å². The van der Waals surface area contributed by atoms with E-state index in [0.717, 1.165) is 25.4 Å². The van der Waals surface area contributed by atoms with E-state index in [1.54, 1.807) is 0 Å². The molecule has 1 aliphatic heterocycles. The minimum absolute atomic E-state index is 0. The van der Waals surface area contributed by atoms with Crippen molar-refractivity contribution in [2.75, 3.05) is 33.7 Å². The van der Waals surface area contributed by atoms with Gasteiger partial charge in [0.2, 0.25) is 5.91 Å². The highest BCUT2D eigenvalue weighted by Gasteiger charge is 2.27.